The molecule has 0 aliphatic carbocycles. The van der Waals surface area contributed by atoms with Crippen LogP contribution in [0.5, 0.6) is 5.75 Å². The van der Waals surface area contributed by atoms with Crippen molar-refractivity contribution in [2.24, 2.45) is 0 Å². The minimum atomic E-state index is -3.46. The lowest BCUT2D eigenvalue weighted by Gasteiger charge is -2.19. The topological polar surface area (TPSA) is 63.7 Å². The summed E-state index contributed by atoms with van der Waals surface area (Å²) in [5.41, 5.74) is 1.32. The average molecular weight is 347 g/mol. The van der Waals surface area contributed by atoms with Crippen LogP contribution in [0.25, 0.3) is 0 Å². The molecule has 2 aromatic carbocycles. The van der Waals surface area contributed by atoms with E-state index in [-0.39, 0.29) is 16.4 Å². The lowest BCUT2D eigenvalue weighted by molar-refractivity contribution is 0.0770. The van der Waals surface area contributed by atoms with Crippen LogP contribution in [0.15, 0.2) is 53.4 Å². The fourth-order valence-corrected chi connectivity index (χ4v) is 3.09. The predicted molar refractivity (Wildman–Crippen MR) is 93.2 cm³/mol. The molecule has 2 aromatic rings. The van der Waals surface area contributed by atoms with Crippen LogP contribution >= 0.6 is 0 Å². The summed E-state index contributed by atoms with van der Waals surface area (Å²) in [6, 6.07) is 13.9. The van der Waals surface area contributed by atoms with Gasteiger partial charge in [-0.05, 0) is 31.2 Å². The number of hydrogen-bond donors (Lipinski definition) is 0. The van der Waals surface area contributed by atoms with Gasteiger partial charge in [0.2, 0.25) is 0 Å². The van der Waals surface area contributed by atoms with Crippen molar-refractivity contribution in [3.8, 4) is 5.75 Å². The molecule has 0 radical (unpaired) electrons. The van der Waals surface area contributed by atoms with Crippen LogP contribution in [0.2, 0.25) is 0 Å². The summed E-state index contributed by atoms with van der Waals surface area (Å²) in [7, 11) is -1.83. The molecule has 0 aliphatic rings. The van der Waals surface area contributed by atoms with Gasteiger partial charge in [-0.15, -0.1) is 0 Å². The summed E-state index contributed by atoms with van der Waals surface area (Å²) in [6.07, 6.45) is 1.10. The molecule has 2 rings (SSSR count). The van der Waals surface area contributed by atoms with Gasteiger partial charge < -0.3 is 9.64 Å². The van der Waals surface area contributed by atoms with Crippen LogP contribution in [0.3, 0.4) is 0 Å². The van der Waals surface area contributed by atoms with Crippen molar-refractivity contribution in [3.63, 3.8) is 0 Å². The Morgan fingerprint density at radius 1 is 1.08 bits per heavy atom. The van der Waals surface area contributed by atoms with E-state index in [1.807, 2.05) is 31.2 Å². The van der Waals surface area contributed by atoms with Crippen molar-refractivity contribution in [3.05, 3.63) is 59.7 Å². The third kappa shape index (κ3) is 4.58. The van der Waals surface area contributed by atoms with Crippen molar-refractivity contribution in [1.29, 1.82) is 0 Å². The van der Waals surface area contributed by atoms with Crippen LogP contribution in [-0.4, -0.2) is 45.7 Å². The monoisotopic (exact) mass is 347 g/mol. The molecule has 0 heterocycles. The standard InChI is InChI=1S/C18H21NO4S/c1-14-8-10-15(11-9-14)23-13-12-19(2)18(20)16-6-4-5-7-17(16)24(3,21)22/h4-11H,12-13H2,1-3H3. The number of carbonyl (C=O) groups excluding carboxylic acids is 1. The highest BCUT2D eigenvalue weighted by Gasteiger charge is 2.20. The number of likely N-dealkylation sites (N-methyl/N-ethyl adjacent to an activating group) is 1. The highest BCUT2D eigenvalue weighted by molar-refractivity contribution is 7.90. The molecule has 24 heavy (non-hydrogen) atoms. The average Bonchev–Trinajstić information content (AvgIpc) is 2.55. The molecule has 0 spiro atoms. The van der Waals surface area contributed by atoms with E-state index in [0.717, 1.165) is 17.6 Å². The van der Waals surface area contributed by atoms with Gasteiger partial charge >= 0.3 is 0 Å². The van der Waals surface area contributed by atoms with Crippen LogP contribution in [-0.2, 0) is 9.84 Å². The summed E-state index contributed by atoms with van der Waals surface area (Å²) < 4.78 is 29.2. The summed E-state index contributed by atoms with van der Waals surface area (Å²) in [5.74, 6) is 0.390. The molecule has 0 bridgehead atoms. The first kappa shape index (κ1) is 18.0. The third-order valence-electron chi connectivity index (χ3n) is 3.58. The normalized spacial score (nSPS) is 11.1. The lowest BCUT2D eigenvalue weighted by Crippen LogP contribution is -2.31. The molecule has 0 aromatic heterocycles. The maximum absolute atomic E-state index is 12.5. The second-order valence-corrected chi connectivity index (χ2v) is 7.64. The molecular weight excluding hydrogens is 326 g/mol. The van der Waals surface area contributed by atoms with Crippen molar-refractivity contribution in [1.82, 2.24) is 4.90 Å². The van der Waals surface area contributed by atoms with Gasteiger partial charge in [-0.2, -0.15) is 0 Å². The summed E-state index contributed by atoms with van der Waals surface area (Å²) in [6.45, 7) is 2.67. The van der Waals surface area contributed by atoms with E-state index < -0.39 is 9.84 Å². The number of nitrogens with zero attached hydrogens (tertiary/aromatic N) is 1. The van der Waals surface area contributed by atoms with Gasteiger partial charge in [0.05, 0.1) is 17.0 Å². The van der Waals surface area contributed by atoms with Gasteiger partial charge in [-0.1, -0.05) is 29.8 Å². The number of aryl methyl sites for hydroxylation is 1. The van der Waals surface area contributed by atoms with Gasteiger partial charge in [0.1, 0.15) is 12.4 Å². The molecule has 0 saturated heterocycles. The van der Waals surface area contributed by atoms with Crippen molar-refractivity contribution in [2.75, 3.05) is 26.5 Å². The smallest absolute Gasteiger partial charge is 0.255 e. The van der Waals surface area contributed by atoms with Gasteiger partial charge in [-0.3, -0.25) is 4.79 Å². The second-order valence-electron chi connectivity index (χ2n) is 5.66. The lowest BCUT2D eigenvalue weighted by atomic mass is 10.2. The Hall–Kier alpha value is -2.34. The van der Waals surface area contributed by atoms with Crippen LogP contribution in [0, 0.1) is 6.92 Å². The van der Waals surface area contributed by atoms with E-state index in [9.17, 15) is 13.2 Å². The maximum atomic E-state index is 12.5. The Kier molecular flexibility index (Phi) is 5.62. The molecule has 0 aliphatic heterocycles. The zero-order valence-electron chi connectivity index (χ0n) is 14.0. The maximum Gasteiger partial charge on any atom is 0.255 e. The molecule has 128 valence electrons. The Morgan fingerprint density at radius 2 is 1.71 bits per heavy atom. The number of carbonyl (C=O) groups is 1. The number of sulfone groups is 1. The summed E-state index contributed by atoms with van der Waals surface area (Å²) in [4.78, 5) is 14.0. The van der Waals surface area contributed by atoms with Crippen molar-refractivity contribution in [2.45, 2.75) is 11.8 Å². The predicted octanol–water partition coefficient (Wildman–Crippen LogP) is 2.55. The van der Waals surface area contributed by atoms with E-state index in [0.29, 0.717) is 13.2 Å². The fourth-order valence-electron chi connectivity index (χ4n) is 2.21. The number of rotatable bonds is 6. The molecular formula is C18H21NO4S. The quantitative estimate of drug-likeness (QED) is 0.806. The fraction of sp³-hybridized carbons (Fsp3) is 0.278. The number of benzene rings is 2. The molecule has 1 amide bonds. The van der Waals surface area contributed by atoms with Gasteiger partial charge in [0.25, 0.3) is 5.91 Å². The minimum absolute atomic E-state index is 0.0429. The first-order valence-electron chi connectivity index (χ1n) is 7.53. The first-order valence-corrected chi connectivity index (χ1v) is 9.42. The summed E-state index contributed by atoms with van der Waals surface area (Å²) >= 11 is 0. The molecule has 0 saturated carbocycles. The third-order valence-corrected chi connectivity index (χ3v) is 4.73. The Balaban J connectivity index is 2.01. The zero-order valence-corrected chi connectivity index (χ0v) is 14.8. The molecule has 0 unspecified atom stereocenters. The van der Waals surface area contributed by atoms with E-state index in [4.69, 9.17) is 4.74 Å². The zero-order chi connectivity index (χ0) is 17.7. The number of amides is 1. The van der Waals surface area contributed by atoms with Crippen LogP contribution in [0.4, 0.5) is 0 Å². The Morgan fingerprint density at radius 3 is 2.33 bits per heavy atom. The number of hydrogen-bond acceptors (Lipinski definition) is 4. The SMILES string of the molecule is Cc1ccc(OCCN(C)C(=O)c2ccccc2S(C)(=O)=O)cc1. The highest BCUT2D eigenvalue weighted by Crippen LogP contribution is 2.17. The van der Waals surface area contributed by atoms with E-state index in [1.165, 1.54) is 17.0 Å². The van der Waals surface area contributed by atoms with Gasteiger partial charge in [-0.25, -0.2) is 8.42 Å². The molecule has 0 fully saturated rings. The first-order chi connectivity index (χ1) is 11.3. The molecule has 5 nitrogen and oxygen atoms in total. The van der Waals surface area contributed by atoms with E-state index in [2.05, 4.69) is 0 Å². The highest BCUT2D eigenvalue weighted by atomic mass is 32.2. The Bertz CT molecular complexity index is 813. The Labute approximate surface area is 142 Å². The minimum Gasteiger partial charge on any atom is -0.492 e. The largest absolute Gasteiger partial charge is 0.492 e. The molecule has 0 atom stereocenters. The van der Waals surface area contributed by atoms with Crippen LogP contribution in [0.1, 0.15) is 15.9 Å². The van der Waals surface area contributed by atoms with Gasteiger partial charge in [0.15, 0.2) is 9.84 Å². The van der Waals surface area contributed by atoms with E-state index >= 15 is 0 Å². The molecule has 6 heteroatoms. The van der Waals surface area contributed by atoms with Crippen LogP contribution < -0.4 is 4.74 Å². The van der Waals surface area contributed by atoms with Crippen molar-refractivity contribution >= 4 is 15.7 Å². The van der Waals surface area contributed by atoms with E-state index in [1.54, 1.807) is 19.2 Å². The van der Waals surface area contributed by atoms with Crippen molar-refractivity contribution < 1.29 is 17.9 Å². The number of ether oxygens (including phenoxy) is 1. The van der Waals surface area contributed by atoms with Gasteiger partial charge in [0, 0.05) is 13.3 Å². The second kappa shape index (κ2) is 7.49. The molecule has 0 N–H and O–H groups in total. The summed E-state index contributed by atoms with van der Waals surface area (Å²) in [5, 5.41) is 0.